The zero-order valence-electron chi connectivity index (χ0n) is 11.2. The molecule has 0 amide bonds. The van der Waals surface area contributed by atoms with Crippen LogP contribution in [0.4, 0.5) is 0 Å². The molecule has 3 heteroatoms. The minimum atomic E-state index is -0.327. The van der Waals surface area contributed by atoms with Crippen molar-refractivity contribution in [1.82, 2.24) is 0 Å². The normalized spacial score (nSPS) is 11.8. The van der Waals surface area contributed by atoms with Gasteiger partial charge in [0.25, 0.3) is 0 Å². The molecule has 0 bridgehead atoms. The second-order valence-corrected chi connectivity index (χ2v) is 5.30. The lowest BCUT2D eigenvalue weighted by atomic mass is 9.84. The highest BCUT2D eigenvalue weighted by Gasteiger charge is 2.29. The highest BCUT2D eigenvalue weighted by atomic mass is 16.3. The predicted octanol–water partition coefficient (Wildman–Crippen LogP) is 4.04. The van der Waals surface area contributed by atoms with E-state index in [4.69, 9.17) is 8.83 Å². The van der Waals surface area contributed by atoms with E-state index in [1.54, 1.807) is 12.1 Å². The van der Waals surface area contributed by atoms with Crippen LogP contribution in [0, 0.1) is 13.8 Å². The Morgan fingerprint density at radius 3 is 2.17 bits per heavy atom. The third kappa shape index (κ3) is 2.55. The lowest BCUT2D eigenvalue weighted by Gasteiger charge is -2.20. The smallest absolute Gasteiger partial charge is 0.198 e. The van der Waals surface area contributed by atoms with Gasteiger partial charge in [-0.25, -0.2) is 0 Å². The molecule has 3 nitrogen and oxygen atoms in total. The average molecular weight is 246 g/mol. The van der Waals surface area contributed by atoms with Crippen LogP contribution in [0.2, 0.25) is 0 Å². The Balaban J connectivity index is 2.15. The SMILES string of the molecule is Cc1ccc(C(=O)CC(C)(C)c2ccc(C)o2)o1. The average Bonchev–Trinajstić information content (AvgIpc) is 2.86. The van der Waals surface area contributed by atoms with Crippen LogP contribution in [-0.2, 0) is 5.41 Å². The van der Waals surface area contributed by atoms with Crippen molar-refractivity contribution < 1.29 is 13.6 Å². The molecule has 0 aliphatic carbocycles. The molecule has 2 aromatic heterocycles. The van der Waals surface area contributed by atoms with Gasteiger partial charge in [0.05, 0.1) is 0 Å². The van der Waals surface area contributed by atoms with Gasteiger partial charge in [-0.3, -0.25) is 4.79 Å². The van der Waals surface area contributed by atoms with Crippen LogP contribution in [0.1, 0.15) is 48.1 Å². The van der Waals surface area contributed by atoms with Crippen molar-refractivity contribution >= 4 is 5.78 Å². The Morgan fingerprint density at radius 1 is 1.06 bits per heavy atom. The fourth-order valence-corrected chi connectivity index (χ4v) is 1.96. The van der Waals surface area contributed by atoms with E-state index in [1.807, 2.05) is 39.8 Å². The number of carbonyl (C=O) groups is 1. The summed E-state index contributed by atoms with van der Waals surface area (Å²) in [6, 6.07) is 7.37. The summed E-state index contributed by atoms with van der Waals surface area (Å²) in [5.74, 6) is 2.87. The Kier molecular flexibility index (Phi) is 3.16. The Bertz CT molecular complexity index is 558. The van der Waals surface area contributed by atoms with Crippen molar-refractivity contribution in [2.75, 3.05) is 0 Å². The number of Topliss-reactive ketones (excluding diaryl/α,β-unsaturated/α-hetero) is 1. The van der Waals surface area contributed by atoms with E-state index in [0.29, 0.717) is 12.2 Å². The van der Waals surface area contributed by atoms with Crippen LogP contribution >= 0.6 is 0 Å². The topological polar surface area (TPSA) is 43.4 Å². The van der Waals surface area contributed by atoms with E-state index in [0.717, 1.165) is 17.3 Å². The third-order valence-electron chi connectivity index (χ3n) is 3.03. The molecular weight excluding hydrogens is 228 g/mol. The van der Waals surface area contributed by atoms with Gasteiger partial charge in [0.1, 0.15) is 17.3 Å². The molecule has 0 aliphatic rings. The summed E-state index contributed by atoms with van der Waals surface area (Å²) < 4.78 is 11.0. The second-order valence-electron chi connectivity index (χ2n) is 5.30. The third-order valence-corrected chi connectivity index (χ3v) is 3.03. The summed E-state index contributed by atoms with van der Waals surface area (Å²) in [7, 11) is 0. The van der Waals surface area contributed by atoms with Gasteiger partial charge in [-0.15, -0.1) is 0 Å². The lowest BCUT2D eigenvalue weighted by Crippen LogP contribution is -2.21. The lowest BCUT2D eigenvalue weighted by molar-refractivity contribution is 0.0922. The van der Waals surface area contributed by atoms with Gasteiger partial charge in [-0.05, 0) is 38.1 Å². The van der Waals surface area contributed by atoms with Gasteiger partial charge in [-0.1, -0.05) is 13.8 Å². The first-order valence-electron chi connectivity index (χ1n) is 6.05. The number of rotatable bonds is 4. The number of hydrogen-bond donors (Lipinski definition) is 0. The zero-order valence-corrected chi connectivity index (χ0v) is 11.2. The minimum Gasteiger partial charge on any atom is -0.466 e. The molecule has 96 valence electrons. The molecule has 0 saturated heterocycles. The van der Waals surface area contributed by atoms with Crippen LogP contribution in [0.3, 0.4) is 0 Å². The maximum Gasteiger partial charge on any atom is 0.198 e. The van der Waals surface area contributed by atoms with Gasteiger partial charge in [0.2, 0.25) is 0 Å². The highest BCUT2D eigenvalue weighted by molar-refractivity contribution is 5.94. The summed E-state index contributed by atoms with van der Waals surface area (Å²) in [6.45, 7) is 7.73. The Hall–Kier alpha value is -1.77. The van der Waals surface area contributed by atoms with Crippen LogP contribution in [0.15, 0.2) is 33.1 Å². The first-order chi connectivity index (χ1) is 8.38. The van der Waals surface area contributed by atoms with Crippen LogP contribution in [0.25, 0.3) is 0 Å². The zero-order chi connectivity index (χ0) is 13.3. The molecule has 0 radical (unpaired) electrons. The maximum absolute atomic E-state index is 12.1. The van der Waals surface area contributed by atoms with Gasteiger partial charge in [-0.2, -0.15) is 0 Å². The largest absolute Gasteiger partial charge is 0.466 e. The van der Waals surface area contributed by atoms with E-state index < -0.39 is 0 Å². The van der Waals surface area contributed by atoms with Crippen molar-refractivity contribution in [3.8, 4) is 0 Å². The molecule has 0 aromatic carbocycles. The molecule has 0 saturated carbocycles. The number of hydrogen-bond acceptors (Lipinski definition) is 3. The van der Waals surface area contributed by atoms with Gasteiger partial charge < -0.3 is 8.83 Å². The fraction of sp³-hybridized carbons (Fsp3) is 0.400. The van der Waals surface area contributed by atoms with Crippen molar-refractivity contribution in [2.24, 2.45) is 0 Å². The monoisotopic (exact) mass is 246 g/mol. The molecule has 0 N–H and O–H groups in total. The van der Waals surface area contributed by atoms with E-state index >= 15 is 0 Å². The summed E-state index contributed by atoms with van der Waals surface area (Å²) >= 11 is 0. The van der Waals surface area contributed by atoms with Gasteiger partial charge in [0.15, 0.2) is 11.5 Å². The second kappa shape index (κ2) is 4.48. The molecule has 2 heterocycles. The van der Waals surface area contributed by atoms with Gasteiger partial charge in [0, 0.05) is 11.8 Å². The van der Waals surface area contributed by atoms with E-state index in [1.165, 1.54) is 0 Å². The highest BCUT2D eigenvalue weighted by Crippen LogP contribution is 2.30. The first kappa shape index (κ1) is 12.7. The van der Waals surface area contributed by atoms with Crippen molar-refractivity contribution in [3.05, 3.63) is 47.3 Å². The molecule has 18 heavy (non-hydrogen) atoms. The molecular formula is C15H18O3. The van der Waals surface area contributed by atoms with Crippen LogP contribution in [-0.4, -0.2) is 5.78 Å². The Labute approximate surface area is 107 Å². The Morgan fingerprint density at radius 2 is 1.67 bits per heavy atom. The minimum absolute atomic E-state index is 0.00199. The van der Waals surface area contributed by atoms with E-state index in [9.17, 15) is 4.79 Å². The molecule has 0 fully saturated rings. The maximum atomic E-state index is 12.1. The summed E-state index contributed by atoms with van der Waals surface area (Å²) in [6.07, 6.45) is 0.368. The van der Waals surface area contributed by atoms with Crippen molar-refractivity contribution in [3.63, 3.8) is 0 Å². The van der Waals surface area contributed by atoms with Gasteiger partial charge >= 0.3 is 0 Å². The molecule has 2 aromatic rings. The number of carbonyl (C=O) groups excluding carboxylic acids is 1. The predicted molar refractivity (Wildman–Crippen MR) is 68.9 cm³/mol. The first-order valence-corrected chi connectivity index (χ1v) is 6.05. The molecule has 0 atom stereocenters. The van der Waals surface area contributed by atoms with Crippen molar-refractivity contribution in [2.45, 2.75) is 39.5 Å². The number of ketones is 1. The van der Waals surface area contributed by atoms with Crippen LogP contribution in [0.5, 0.6) is 0 Å². The van der Waals surface area contributed by atoms with E-state index in [-0.39, 0.29) is 11.2 Å². The summed E-state index contributed by atoms with van der Waals surface area (Å²) in [5.41, 5.74) is -0.327. The number of furan rings is 2. The standard InChI is InChI=1S/C15H18O3/c1-10-5-7-13(17-10)12(16)9-15(3,4)14-8-6-11(2)18-14/h5-8H,9H2,1-4H3. The molecule has 0 aliphatic heterocycles. The molecule has 0 unspecified atom stereocenters. The molecule has 2 rings (SSSR count). The quantitative estimate of drug-likeness (QED) is 0.765. The van der Waals surface area contributed by atoms with Crippen molar-refractivity contribution in [1.29, 1.82) is 0 Å². The number of aryl methyl sites for hydroxylation is 2. The van der Waals surface area contributed by atoms with E-state index in [2.05, 4.69) is 0 Å². The summed E-state index contributed by atoms with van der Waals surface area (Å²) in [4.78, 5) is 12.1. The molecule has 0 spiro atoms. The van der Waals surface area contributed by atoms with Crippen LogP contribution < -0.4 is 0 Å². The fourth-order valence-electron chi connectivity index (χ4n) is 1.96. The summed E-state index contributed by atoms with van der Waals surface area (Å²) in [5, 5.41) is 0.